The molecule has 0 atom stereocenters. The van der Waals surface area contributed by atoms with Crippen molar-refractivity contribution in [1.82, 2.24) is 20.0 Å². The average molecular weight is 253 g/mol. The predicted octanol–water partition coefficient (Wildman–Crippen LogP) is 1.07. The van der Waals surface area contributed by atoms with Crippen LogP contribution in [-0.4, -0.2) is 26.5 Å². The van der Waals surface area contributed by atoms with Crippen LogP contribution in [-0.2, 0) is 13.5 Å². The maximum atomic E-state index is 5.61. The Morgan fingerprint density at radius 1 is 1.35 bits per heavy atom. The molecule has 17 heavy (non-hydrogen) atoms. The van der Waals surface area contributed by atoms with Gasteiger partial charge in [0.15, 0.2) is 0 Å². The summed E-state index contributed by atoms with van der Waals surface area (Å²) < 4.78 is 7.18. The van der Waals surface area contributed by atoms with Crippen molar-refractivity contribution >= 4 is 11.8 Å². The third-order valence-corrected chi connectivity index (χ3v) is 3.42. The SMILES string of the molecule is Cc1nnc(Sc2c(CCN)c(C)nn2C)o1. The summed E-state index contributed by atoms with van der Waals surface area (Å²) in [7, 11) is 1.90. The fraction of sp³-hybridized carbons (Fsp3) is 0.500. The van der Waals surface area contributed by atoms with Gasteiger partial charge in [0.25, 0.3) is 5.22 Å². The maximum Gasteiger partial charge on any atom is 0.282 e. The van der Waals surface area contributed by atoms with Crippen molar-refractivity contribution < 1.29 is 4.42 Å². The second-order valence-electron chi connectivity index (χ2n) is 3.72. The molecule has 0 radical (unpaired) electrons. The largest absolute Gasteiger partial charge is 0.416 e. The Labute approximate surface area is 104 Å². The van der Waals surface area contributed by atoms with Crippen molar-refractivity contribution in [1.29, 1.82) is 0 Å². The molecule has 0 saturated heterocycles. The van der Waals surface area contributed by atoms with Gasteiger partial charge in [-0.15, -0.1) is 10.2 Å². The van der Waals surface area contributed by atoms with Crippen LogP contribution in [0.1, 0.15) is 17.1 Å². The quantitative estimate of drug-likeness (QED) is 0.877. The smallest absolute Gasteiger partial charge is 0.282 e. The molecular weight excluding hydrogens is 238 g/mol. The highest BCUT2D eigenvalue weighted by atomic mass is 32.2. The lowest BCUT2D eigenvalue weighted by Gasteiger charge is -2.01. The third kappa shape index (κ3) is 2.50. The van der Waals surface area contributed by atoms with E-state index >= 15 is 0 Å². The molecule has 2 N–H and O–H groups in total. The van der Waals surface area contributed by atoms with E-state index in [9.17, 15) is 0 Å². The van der Waals surface area contributed by atoms with Crippen LogP contribution in [0.5, 0.6) is 0 Å². The van der Waals surface area contributed by atoms with Crippen molar-refractivity contribution in [3.8, 4) is 0 Å². The first-order valence-corrected chi connectivity index (χ1v) is 6.14. The monoisotopic (exact) mass is 253 g/mol. The van der Waals surface area contributed by atoms with Gasteiger partial charge in [0.2, 0.25) is 5.89 Å². The molecule has 0 spiro atoms. The first-order chi connectivity index (χ1) is 8.11. The Kier molecular flexibility index (Phi) is 3.49. The molecule has 0 unspecified atom stereocenters. The minimum atomic E-state index is 0.531. The second-order valence-corrected chi connectivity index (χ2v) is 4.66. The summed E-state index contributed by atoms with van der Waals surface area (Å²) in [5.41, 5.74) is 7.75. The minimum Gasteiger partial charge on any atom is -0.416 e. The van der Waals surface area contributed by atoms with E-state index in [1.165, 1.54) is 11.8 Å². The summed E-state index contributed by atoms with van der Waals surface area (Å²) in [5.74, 6) is 0.562. The van der Waals surface area contributed by atoms with Crippen LogP contribution in [0.2, 0.25) is 0 Å². The Morgan fingerprint density at radius 3 is 2.71 bits per heavy atom. The number of aryl methyl sites for hydroxylation is 3. The zero-order valence-corrected chi connectivity index (χ0v) is 10.9. The van der Waals surface area contributed by atoms with E-state index in [4.69, 9.17) is 10.2 Å². The van der Waals surface area contributed by atoms with Gasteiger partial charge in [0, 0.05) is 19.5 Å². The molecule has 0 aromatic carbocycles. The van der Waals surface area contributed by atoms with E-state index < -0.39 is 0 Å². The van der Waals surface area contributed by atoms with E-state index in [-0.39, 0.29) is 0 Å². The minimum absolute atomic E-state index is 0.531. The fourth-order valence-corrected chi connectivity index (χ4v) is 2.60. The normalized spacial score (nSPS) is 11.1. The Balaban J connectivity index is 2.31. The van der Waals surface area contributed by atoms with Crippen molar-refractivity contribution in [2.24, 2.45) is 12.8 Å². The molecular formula is C10H15N5OS. The number of nitrogens with zero attached hydrogens (tertiary/aromatic N) is 4. The summed E-state index contributed by atoms with van der Waals surface area (Å²) in [6.07, 6.45) is 0.801. The molecule has 0 fully saturated rings. The lowest BCUT2D eigenvalue weighted by atomic mass is 10.2. The molecule has 0 saturated carbocycles. The van der Waals surface area contributed by atoms with E-state index in [2.05, 4.69) is 15.3 Å². The maximum absolute atomic E-state index is 5.61. The van der Waals surface area contributed by atoms with Crippen LogP contribution >= 0.6 is 11.8 Å². The highest BCUT2D eigenvalue weighted by Gasteiger charge is 2.16. The van der Waals surface area contributed by atoms with Crippen LogP contribution < -0.4 is 5.73 Å². The molecule has 0 aliphatic carbocycles. The molecule has 0 bridgehead atoms. The van der Waals surface area contributed by atoms with Gasteiger partial charge in [-0.2, -0.15) is 5.10 Å². The summed E-state index contributed by atoms with van der Waals surface area (Å²) in [5, 5.41) is 13.7. The Morgan fingerprint density at radius 2 is 2.12 bits per heavy atom. The van der Waals surface area contributed by atoms with Gasteiger partial charge >= 0.3 is 0 Å². The Bertz CT molecular complexity index is 519. The third-order valence-electron chi connectivity index (χ3n) is 2.37. The molecule has 6 nitrogen and oxygen atoms in total. The Hall–Kier alpha value is -1.34. The summed E-state index contributed by atoms with van der Waals surface area (Å²) >= 11 is 1.43. The van der Waals surface area contributed by atoms with Crippen molar-refractivity contribution in [2.75, 3.05) is 6.54 Å². The van der Waals surface area contributed by atoms with Gasteiger partial charge < -0.3 is 10.2 Å². The molecule has 2 heterocycles. The molecule has 0 amide bonds. The number of nitrogens with two attached hydrogens (primary N) is 1. The molecule has 0 aliphatic rings. The predicted molar refractivity (Wildman–Crippen MR) is 63.9 cm³/mol. The van der Waals surface area contributed by atoms with Crippen LogP contribution in [0.25, 0.3) is 0 Å². The number of aromatic nitrogens is 4. The molecule has 2 rings (SSSR count). The molecule has 0 aliphatic heterocycles. The molecule has 2 aromatic rings. The zero-order chi connectivity index (χ0) is 12.4. The highest BCUT2D eigenvalue weighted by Crippen LogP contribution is 2.30. The van der Waals surface area contributed by atoms with Crippen LogP contribution in [0.3, 0.4) is 0 Å². The topological polar surface area (TPSA) is 82.8 Å². The molecule has 92 valence electrons. The summed E-state index contributed by atoms with van der Waals surface area (Å²) in [6.45, 7) is 4.35. The standard InChI is InChI=1S/C10H15N5OS/c1-6-8(4-5-11)9(15(3)14-6)17-10-13-12-7(2)16-10/h4-5,11H2,1-3H3. The van der Waals surface area contributed by atoms with E-state index in [0.717, 1.165) is 22.7 Å². The number of hydrogen-bond acceptors (Lipinski definition) is 6. The van der Waals surface area contributed by atoms with Gasteiger partial charge in [-0.1, -0.05) is 0 Å². The summed E-state index contributed by atoms with van der Waals surface area (Å²) in [6, 6.07) is 0. The van der Waals surface area contributed by atoms with Crippen LogP contribution in [0.4, 0.5) is 0 Å². The first-order valence-electron chi connectivity index (χ1n) is 5.32. The first kappa shape index (κ1) is 12.1. The van der Waals surface area contributed by atoms with Gasteiger partial charge in [-0.25, -0.2) is 0 Å². The van der Waals surface area contributed by atoms with Crippen molar-refractivity contribution in [2.45, 2.75) is 30.5 Å². The van der Waals surface area contributed by atoms with Crippen LogP contribution in [0, 0.1) is 13.8 Å². The van der Waals surface area contributed by atoms with E-state index in [0.29, 0.717) is 17.7 Å². The van der Waals surface area contributed by atoms with Crippen LogP contribution in [0.15, 0.2) is 14.7 Å². The van der Waals surface area contributed by atoms with E-state index in [1.807, 2.05) is 18.7 Å². The summed E-state index contributed by atoms with van der Waals surface area (Å²) in [4.78, 5) is 0. The average Bonchev–Trinajstić information content (AvgIpc) is 2.78. The lowest BCUT2D eigenvalue weighted by Crippen LogP contribution is -2.04. The molecule has 2 aromatic heterocycles. The van der Waals surface area contributed by atoms with Crippen molar-refractivity contribution in [3.05, 3.63) is 17.1 Å². The zero-order valence-electron chi connectivity index (χ0n) is 10.1. The molecule has 7 heteroatoms. The number of hydrogen-bond donors (Lipinski definition) is 1. The van der Waals surface area contributed by atoms with Crippen molar-refractivity contribution in [3.63, 3.8) is 0 Å². The van der Waals surface area contributed by atoms with Gasteiger partial charge in [0.1, 0.15) is 5.03 Å². The van der Waals surface area contributed by atoms with E-state index in [1.54, 1.807) is 6.92 Å². The fourth-order valence-electron chi connectivity index (χ4n) is 1.64. The van der Waals surface area contributed by atoms with Gasteiger partial charge in [-0.3, -0.25) is 4.68 Å². The lowest BCUT2D eigenvalue weighted by molar-refractivity contribution is 0.428. The number of rotatable bonds is 4. The second kappa shape index (κ2) is 4.89. The van der Waals surface area contributed by atoms with Gasteiger partial charge in [0.05, 0.1) is 5.69 Å². The van der Waals surface area contributed by atoms with Gasteiger partial charge in [-0.05, 0) is 31.7 Å². The highest BCUT2D eigenvalue weighted by molar-refractivity contribution is 7.99.